The Morgan fingerprint density at radius 3 is 2.44 bits per heavy atom. The number of aliphatic hydroxyl groups excluding tert-OH is 1. The van der Waals surface area contributed by atoms with E-state index >= 15 is 0 Å². The number of pyridine rings is 1. The van der Waals surface area contributed by atoms with Crippen molar-refractivity contribution in [1.29, 1.82) is 0 Å². The van der Waals surface area contributed by atoms with Crippen LogP contribution < -0.4 is 0 Å². The van der Waals surface area contributed by atoms with Crippen molar-refractivity contribution in [2.45, 2.75) is 11.9 Å². The summed E-state index contributed by atoms with van der Waals surface area (Å²) in [5.74, 6) is 1.14. The second kappa shape index (κ2) is 6.52. The summed E-state index contributed by atoms with van der Waals surface area (Å²) in [5, 5.41) is 9.93. The van der Waals surface area contributed by atoms with Crippen molar-refractivity contribution in [3.05, 3.63) is 65.7 Å². The molecule has 1 aromatic heterocycles. The van der Waals surface area contributed by atoms with E-state index in [1.807, 2.05) is 12.1 Å². The first-order valence-corrected chi connectivity index (χ1v) is 6.81. The third-order valence-corrected chi connectivity index (χ3v) is 3.64. The molecule has 0 radical (unpaired) electrons. The quantitative estimate of drug-likeness (QED) is 0.899. The van der Waals surface area contributed by atoms with E-state index in [4.69, 9.17) is 0 Å². The van der Waals surface area contributed by atoms with Crippen LogP contribution in [-0.2, 0) is 5.75 Å². The average Bonchev–Trinajstić information content (AvgIpc) is 2.40. The molecule has 0 amide bonds. The van der Waals surface area contributed by atoms with Crippen LogP contribution in [0.1, 0.15) is 17.2 Å². The number of benzene rings is 1. The first-order valence-electron chi connectivity index (χ1n) is 5.66. The highest BCUT2D eigenvalue weighted by molar-refractivity contribution is 7.98. The highest BCUT2D eigenvalue weighted by Crippen LogP contribution is 2.21. The van der Waals surface area contributed by atoms with Crippen LogP contribution in [0.4, 0.5) is 4.39 Å². The number of aromatic nitrogens is 1. The predicted molar refractivity (Wildman–Crippen MR) is 71.8 cm³/mol. The van der Waals surface area contributed by atoms with Crippen LogP contribution >= 0.6 is 11.8 Å². The Bertz CT molecular complexity index is 475. The maximum Gasteiger partial charge on any atom is 0.123 e. The van der Waals surface area contributed by atoms with E-state index in [9.17, 15) is 9.50 Å². The molecule has 18 heavy (non-hydrogen) atoms. The van der Waals surface area contributed by atoms with E-state index < -0.39 is 6.10 Å². The van der Waals surface area contributed by atoms with Gasteiger partial charge in [0.2, 0.25) is 0 Å². The lowest BCUT2D eigenvalue weighted by atomic mass is 10.1. The number of halogens is 1. The van der Waals surface area contributed by atoms with E-state index in [1.165, 1.54) is 17.7 Å². The number of hydrogen-bond donors (Lipinski definition) is 1. The van der Waals surface area contributed by atoms with Crippen molar-refractivity contribution >= 4 is 11.8 Å². The summed E-state index contributed by atoms with van der Waals surface area (Å²) >= 11 is 1.64. The second-order valence-corrected chi connectivity index (χ2v) is 4.97. The van der Waals surface area contributed by atoms with Crippen LogP contribution in [-0.4, -0.2) is 15.8 Å². The van der Waals surface area contributed by atoms with Gasteiger partial charge in [-0.3, -0.25) is 4.98 Å². The largest absolute Gasteiger partial charge is 0.388 e. The van der Waals surface area contributed by atoms with Crippen LogP contribution in [0.25, 0.3) is 0 Å². The Morgan fingerprint density at radius 2 is 1.78 bits per heavy atom. The van der Waals surface area contributed by atoms with E-state index in [2.05, 4.69) is 4.98 Å². The summed E-state index contributed by atoms with van der Waals surface area (Å²) in [6.45, 7) is 0. The summed E-state index contributed by atoms with van der Waals surface area (Å²) in [7, 11) is 0. The summed E-state index contributed by atoms with van der Waals surface area (Å²) < 4.78 is 12.7. The lowest BCUT2D eigenvalue weighted by molar-refractivity contribution is 0.204. The molecule has 4 heteroatoms. The van der Waals surface area contributed by atoms with Gasteiger partial charge < -0.3 is 5.11 Å². The molecule has 1 N–H and O–H groups in total. The monoisotopic (exact) mass is 263 g/mol. The molecule has 1 atom stereocenters. The molecule has 0 fully saturated rings. The van der Waals surface area contributed by atoms with Gasteiger partial charge in [0.05, 0.1) is 6.10 Å². The predicted octanol–water partition coefficient (Wildman–Crippen LogP) is 3.19. The summed E-state index contributed by atoms with van der Waals surface area (Å²) in [6, 6.07) is 9.88. The molecule has 0 aliphatic carbocycles. The highest BCUT2D eigenvalue weighted by Gasteiger charge is 2.07. The fourth-order valence-corrected chi connectivity index (χ4v) is 2.51. The molecule has 0 spiro atoms. The van der Waals surface area contributed by atoms with Crippen molar-refractivity contribution in [3.63, 3.8) is 0 Å². The van der Waals surface area contributed by atoms with Gasteiger partial charge in [-0.15, -0.1) is 0 Å². The van der Waals surface area contributed by atoms with Crippen molar-refractivity contribution in [2.75, 3.05) is 5.75 Å². The molecule has 0 bridgehead atoms. The van der Waals surface area contributed by atoms with Gasteiger partial charge in [0.1, 0.15) is 5.82 Å². The SMILES string of the molecule is OC(CSCc1ccncc1)c1ccc(F)cc1. The van der Waals surface area contributed by atoms with E-state index in [0.29, 0.717) is 5.75 Å². The van der Waals surface area contributed by atoms with Crippen LogP contribution in [0.5, 0.6) is 0 Å². The molecule has 1 aromatic carbocycles. The first-order chi connectivity index (χ1) is 8.75. The molecule has 1 unspecified atom stereocenters. The van der Waals surface area contributed by atoms with Crippen molar-refractivity contribution in [1.82, 2.24) is 4.98 Å². The number of aliphatic hydroxyl groups is 1. The smallest absolute Gasteiger partial charge is 0.123 e. The van der Waals surface area contributed by atoms with E-state index in [1.54, 1.807) is 36.3 Å². The molecule has 0 aliphatic heterocycles. The van der Waals surface area contributed by atoms with Crippen LogP contribution in [0.15, 0.2) is 48.8 Å². The van der Waals surface area contributed by atoms with Gasteiger partial charge in [-0.2, -0.15) is 11.8 Å². The molecule has 2 rings (SSSR count). The Morgan fingerprint density at radius 1 is 1.11 bits per heavy atom. The second-order valence-electron chi connectivity index (χ2n) is 3.94. The molecule has 2 nitrogen and oxygen atoms in total. The Balaban J connectivity index is 1.81. The molecule has 2 aromatic rings. The Labute approximate surface area is 110 Å². The minimum atomic E-state index is -0.558. The van der Waals surface area contributed by atoms with Gasteiger partial charge in [-0.1, -0.05) is 12.1 Å². The van der Waals surface area contributed by atoms with E-state index in [-0.39, 0.29) is 5.82 Å². The average molecular weight is 263 g/mol. The molecule has 1 heterocycles. The topological polar surface area (TPSA) is 33.1 Å². The van der Waals surface area contributed by atoms with Crippen molar-refractivity contribution in [3.8, 4) is 0 Å². The zero-order valence-corrected chi connectivity index (χ0v) is 10.6. The summed E-state index contributed by atoms with van der Waals surface area (Å²) in [6.07, 6.45) is 2.95. The summed E-state index contributed by atoms with van der Waals surface area (Å²) in [4.78, 5) is 3.95. The van der Waals surface area contributed by atoms with Crippen LogP contribution in [0.3, 0.4) is 0 Å². The molecule has 0 aliphatic rings. The third kappa shape index (κ3) is 3.82. The minimum Gasteiger partial charge on any atom is -0.388 e. The fraction of sp³-hybridized carbons (Fsp3) is 0.214. The standard InChI is InChI=1S/C14H14FNOS/c15-13-3-1-12(2-4-13)14(17)10-18-9-11-5-7-16-8-6-11/h1-8,14,17H,9-10H2. The van der Waals surface area contributed by atoms with Gasteiger partial charge >= 0.3 is 0 Å². The van der Waals surface area contributed by atoms with Crippen molar-refractivity contribution in [2.24, 2.45) is 0 Å². The lowest BCUT2D eigenvalue weighted by Crippen LogP contribution is -2.00. The van der Waals surface area contributed by atoms with E-state index in [0.717, 1.165) is 11.3 Å². The van der Waals surface area contributed by atoms with Gasteiger partial charge in [0, 0.05) is 23.9 Å². The lowest BCUT2D eigenvalue weighted by Gasteiger charge is -2.10. The van der Waals surface area contributed by atoms with Gasteiger partial charge in [0.25, 0.3) is 0 Å². The molecule has 94 valence electrons. The molecular formula is C14H14FNOS. The Kier molecular flexibility index (Phi) is 4.73. The van der Waals surface area contributed by atoms with Crippen LogP contribution in [0, 0.1) is 5.82 Å². The summed E-state index contributed by atoms with van der Waals surface area (Å²) in [5.41, 5.74) is 1.93. The van der Waals surface area contributed by atoms with Crippen molar-refractivity contribution < 1.29 is 9.50 Å². The van der Waals surface area contributed by atoms with Crippen LogP contribution in [0.2, 0.25) is 0 Å². The zero-order chi connectivity index (χ0) is 12.8. The molecular weight excluding hydrogens is 249 g/mol. The Hall–Kier alpha value is -1.39. The van der Waals surface area contributed by atoms with Gasteiger partial charge in [-0.05, 0) is 35.4 Å². The molecule has 0 saturated heterocycles. The maximum absolute atomic E-state index is 12.7. The number of thioether (sulfide) groups is 1. The normalized spacial score (nSPS) is 12.3. The minimum absolute atomic E-state index is 0.282. The van der Waals surface area contributed by atoms with Gasteiger partial charge in [0.15, 0.2) is 0 Å². The number of nitrogens with zero attached hydrogens (tertiary/aromatic N) is 1. The number of rotatable bonds is 5. The highest BCUT2D eigenvalue weighted by atomic mass is 32.2. The number of hydrogen-bond acceptors (Lipinski definition) is 3. The first kappa shape index (κ1) is 13.1. The zero-order valence-electron chi connectivity index (χ0n) is 9.79. The maximum atomic E-state index is 12.7. The third-order valence-electron chi connectivity index (χ3n) is 2.55. The fourth-order valence-electron chi connectivity index (χ4n) is 1.55. The molecule has 0 saturated carbocycles. The van der Waals surface area contributed by atoms with Gasteiger partial charge in [-0.25, -0.2) is 4.39 Å².